The second-order valence-corrected chi connectivity index (χ2v) is 6.31. The highest BCUT2D eigenvalue weighted by atomic mass is 16.5. The molecule has 0 atom stereocenters. The lowest BCUT2D eigenvalue weighted by molar-refractivity contribution is 0.0641. The largest absolute Gasteiger partial charge is 0.482 e. The van der Waals surface area contributed by atoms with E-state index in [1.54, 1.807) is 0 Å². The van der Waals surface area contributed by atoms with Gasteiger partial charge in [0, 0.05) is 32.0 Å². The Hall–Kier alpha value is -2.80. The van der Waals surface area contributed by atoms with Gasteiger partial charge in [0.25, 0.3) is 5.91 Å². The number of amides is 1. The van der Waals surface area contributed by atoms with Crippen molar-refractivity contribution in [2.75, 3.05) is 25.6 Å². The van der Waals surface area contributed by atoms with E-state index in [0.717, 1.165) is 23.1 Å². The van der Waals surface area contributed by atoms with Gasteiger partial charge < -0.3 is 20.6 Å². The first kappa shape index (κ1) is 18.0. The van der Waals surface area contributed by atoms with Gasteiger partial charge in [-0.05, 0) is 24.3 Å². The maximum atomic E-state index is 12.6. The Labute approximate surface area is 151 Å². The summed E-state index contributed by atoms with van der Waals surface area (Å²) in [6, 6.07) is 10.7. The Kier molecular flexibility index (Phi) is 5.91. The molecular weight excluding hydrogens is 334 g/mol. The van der Waals surface area contributed by atoms with Crippen LogP contribution < -0.4 is 21.3 Å². The van der Waals surface area contributed by atoms with Crippen LogP contribution in [-0.2, 0) is 11.3 Å². The minimum absolute atomic E-state index is 0.0282. The Balaban J connectivity index is 1.73. The summed E-state index contributed by atoms with van der Waals surface area (Å²) < 4.78 is 12.1. The number of nitrogen functional groups attached to an aromatic ring is 1. The van der Waals surface area contributed by atoms with E-state index in [4.69, 9.17) is 15.3 Å². The number of carbonyl (C=O) groups is 1. The summed E-state index contributed by atoms with van der Waals surface area (Å²) in [7, 11) is 0. The van der Waals surface area contributed by atoms with Crippen LogP contribution in [0.3, 0.4) is 0 Å². The van der Waals surface area contributed by atoms with Crippen LogP contribution in [0.25, 0.3) is 0 Å². The molecule has 26 heavy (non-hydrogen) atoms. The first-order valence-electron chi connectivity index (χ1n) is 8.68. The van der Waals surface area contributed by atoms with Crippen LogP contribution in [-0.4, -0.2) is 30.3 Å². The van der Waals surface area contributed by atoms with Gasteiger partial charge in [-0.15, -0.1) is 0 Å². The topological polar surface area (TPSA) is 95.6 Å². The second-order valence-electron chi connectivity index (χ2n) is 6.31. The summed E-state index contributed by atoms with van der Waals surface area (Å²) in [5.74, 6) is 5.79. The zero-order valence-corrected chi connectivity index (χ0v) is 14.5. The SMILES string of the molecule is Nn1ccc(=O)c(OCc2ccccc2)c1C(=O)NCC1CCOCC1. The number of ether oxygens (including phenoxy) is 2. The molecule has 0 aliphatic carbocycles. The lowest BCUT2D eigenvalue weighted by atomic mass is 10.0. The van der Waals surface area contributed by atoms with Crippen molar-refractivity contribution < 1.29 is 14.3 Å². The molecule has 1 saturated heterocycles. The average Bonchev–Trinajstić information content (AvgIpc) is 2.68. The second kappa shape index (κ2) is 8.53. The molecule has 1 fully saturated rings. The van der Waals surface area contributed by atoms with E-state index in [-0.39, 0.29) is 23.5 Å². The van der Waals surface area contributed by atoms with Crippen LogP contribution in [0.15, 0.2) is 47.4 Å². The van der Waals surface area contributed by atoms with Crippen LogP contribution in [0.1, 0.15) is 28.9 Å². The fourth-order valence-corrected chi connectivity index (χ4v) is 2.89. The van der Waals surface area contributed by atoms with Gasteiger partial charge in [-0.2, -0.15) is 0 Å². The van der Waals surface area contributed by atoms with Crippen molar-refractivity contribution in [3.05, 3.63) is 64.1 Å². The van der Waals surface area contributed by atoms with Crippen molar-refractivity contribution in [3.63, 3.8) is 0 Å². The molecule has 0 saturated carbocycles. The lowest BCUT2D eigenvalue weighted by Gasteiger charge is -2.22. The summed E-state index contributed by atoms with van der Waals surface area (Å²) in [6.45, 7) is 2.11. The quantitative estimate of drug-likeness (QED) is 0.760. The summed E-state index contributed by atoms with van der Waals surface area (Å²) in [5.41, 5.74) is 0.548. The molecule has 7 heteroatoms. The maximum absolute atomic E-state index is 12.6. The lowest BCUT2D eigenvalue weighted by Crippen LogP contribution is -2.36. The van der Waals surface area contributed by atoms with Gasteiger partial charge in [-0.3, -0.25) is 14.3 Å². The fraction of sp³-hybridized carbons (Fsp3) is 0.368. The molecule has 7 nitrogen and oxygen atoms in total. The third-order valence-corrected chi connectivity index (χ3v) is 4.42. The van der Waals surface area contributed by atoms with Gasteiger partial charge in [0.1, 0.15) is 6.61 Å². The Morgan fingerprint density at radius 1 is 1.23 bits per heavy atom. The van der Waals surface area contributed by atoms with E-state index in [0.29, 0.717) is 25.7 Å². The van der Waals surface area contributed by atoms with E-state index in [2.05, 4.69) is 5.32 Å². The molecule has 0 unspecified atom stereocenters. The van der Waals surface area contributed by atoms with Crippen LogP contribution in [0, 0.1) is 5.92 Å². The first-order chi connectivity index (χ1) is 12.6. The van der Waals surface area contributed by atoms with Crippen molar-refractivity contribution in [1.82, 2.24) is 9.99 Å². The van der Waals surface area contributed by atoms with Crippen LogP contribution >= 0.6 is 0 Å². The van der Waals surface area contributed by atoms with Gasteiger partial charge in [-0.25, -0.2) is 0 Å². The molecular formula is C19H23N3O4. The smallest absolute Gasteiger partial charge is 0.273 e. The molecule has 2 aromatic rings. The number of hydrogen-bond donors (Lipinski definition) is 2. The fourth-order valence-electron chi connectivity index (χ4n) is 2.89. The summed E-state index contributed by atoms with van der Waals surface area (Å²) in [4.78, 5) is 24.9. The van der Waals surface area contributed by atoms with Crippen molar-refractivity contribution >= 4 is 5.91 Å². The predicted molar refractivity (Wildman–Crippen MR) is 97.5 cm³/mol. The molecule has 1 amide bonds. The number of rotatable bonds is 6. The molecule has 2 heterocycles. The van der Waals surface area contributed by atoms with E-state index in [1.165, 1.54) is 12.3 Å². The molecule has 1 aliphatic rings. The Morgan fingerprint density at radius 3 is 2.69 bits per heavy atom. The van der Waals surface area contributed by atoms with Gasteiger partial charge >= 0.3 is 0 Å². The highest BCUT2D eigenvalue weighted by Crippen LogP contribution is 2.16. The number of pyridine rings is 1. The van der Waals surface area contributed by atoms with E-state index in [1.807, 2.05) is 30.3 Å². The molecule has 3 rings (SSSR count). The summed E-state index contributed by atoms with van der Waals surface area (Å²) >= 11 is 0. The summed E-state index contributed by atoms with van der Waals surface area (Å²) in [5, 5.41) is 2.86. The van der Waals surface area contributed by atoms with Crippen molar-refractivity contribution in [2.45, 2.75) is 19.4 Å². The third-order valence-electron chi connectivity index (χ3n) is 4.42. The molecule has 0 bridgehead atoms. The van der Waals surface area contributed by atoms with Crippen LogP contribution in [0.5, 0.6) is 5.75 Å². The zero-order valence-electron chi connectivity index (χ0n) is 14.5. The number of benzene rings is 1. The number of aromatic nitrogens is 1. The third kappa shape index (κ3) is 4.43. The van der Waals surface area contributed by atoms with E-state index in [9.17, 15) is 9.59 Å². The van der Waals surface area contributed by atoms with Gasteiger partial charge in [0.05, 0.1) is 0 Å². The predicted octanol–water partition coefficient (Wildman–Crippen LogP) is 1.30. The number of nitrogens with one attached hydrogen (secondary N) is 1. The Morgan fingerprint density at radius 2 is 1.96 bits per heavy atom. The molecule has 1 aliphatic heterocycles. The summed E-state index contributed by atoms with van der Waals surface area (Å²) in [6.07, 6.45) is 3.17. The van der Waals surface area contributed by atoms with E-state index < -0.39 is 5.91 Å². The van der Waals surface area contributed by atoms with Crippen LogP contribution in [0.2, 0.25) is 0 Å². The van der Waals surface area contributed by atoms with Crippen LogP contribution in [0.4, 0.5) is 0 Å². The molecule has 138 valence electrons. The molecule has 0 radical (unpaired) electrons. The standard InChI is InChI=1S/C19H23N3O4/c20-22-9-6-16(23)18(26-13-15-4-2-1-3-5-15)17(22)19(24)21-12-14-7-10-25-11-8-14/h1-6,9,14H,7-8,10-13,20H2,(H,21,24). The maximum Gasteiger partial charge on any atom is 0.273 e. The minimum Gasteiger partial charge on any atom is -0.482 e. The van der Waals surface area contributed by atoms with E-state index >= 15 is 0 Å². The van der Waals surface area contributed by atoms with Crippen molar-refractivity contribution in [1.29, 1.82) is 0 Å². The van der Waals surface area contributed by atoms with Gasteiger partial charge in [0.15, 0.2) is 11.4 Å². The number of hydrogen-bond acceptors (Lipinski definition) is 5. The van der Waals surface area contributed by atoms with Gasteiger partial charge in [-0.1, -0.05) is 30.3 Å². The molecule has 0 spiro atoms. The minimum atomic E-state index is -0.417. The average molecular weight is 357 g/mol. The first-order valence-corrected chi connectivity index (χ1v) is 8.68. The highest BCUT2D eigenvalue weighted by molar-refractivity contribution is 5.95. The molecule has 3 N–H and O–H groups in total. The number of nitrogens with zero attached hydrogens (tertiary/aromatic N) is 1. The monoisotopic (exact) mass is 357 g/mol. The number of carbonyl (C=O) groups excluding carboxylic acids is 1. The van der Waals surface area contributed by atoms with Gasteiger partial charge in [0.2, 0.25) is 5.43 Å². The Bertz CT molecular complexity index is 798. The van der Waals surface area contributed by atoms with Crippen molar-refractivity contribution in [2.24, 2.45) is 5.92 Å². The van der Waals surface area contributed by atoms with Crippen molar-refractivity contribution in [3.8, 4) is 5.75 Å². The zero-order chi connectivity index (χ0) is 18.4. The normalized spacial score (nSPS) is 14.8. The highest BCUT2D eigenvalue weighted by Gasteiger charge is 2.21. The molecule has 1 aromatic heterocycles. The number of nitrogens with two attached hydrogens (primary N) is 1. The molecule has 1 aromatic carbocycles.